The van der Waals surface area contributed by atoms with Gasteiger partial charge in [-0.3, -0.25) is 9.78 Å². The van der Waals surface area contributed by atoms with Crippen LogP contribution in [0.2, 0.25) is 0 Å². The molecule has 1 fully saturated rings. The molecule has 0 atom stereocenters. The van der Waals surface area contributed by atoms with Gasteiger partial charge in [0.15, 0.2) is 0 Å². The van der Waals surface area contributed by atoms with Gasteiger partial charge in [-0.15, -0.1) is 0 Å². The van der Waals surface area contributed by atoms with Crippen LogP contribution >= 0.6 is 0 Å². The minimum atomic E-state index is 0.124. The fraction of sp³-hybridized carbons (Fsp3) is 0.250. The van der Waals surface area contributed by atoms with E-state index in [4.69, 9.17) is 0 Å². The molecule has 1 aliphatic rings. The second kappa shape index (κ2) is 6.79. The summed E-state index contributed by atoms with van der Waals surface area (Å²) in [4.78, 5) is 23.2. The number of nitrogens with zero attached hydrogens (tertiary/aromatic N) is 2. The second-order valence-corrected chi connectivity index (χ2v) is 7.68. The Morgan fingerprint density at radius 1 is 1.04 bits per heavy atom. The van der Waals surface area contributed by atoms with E-state index in [2.05, 4.69) is 40.4 Å². The third kappa shape index (κ3) is 2.85. The van der Waals surface area contributed by atoms with Gasteiger partial charge in [0.25, 0.3) is 5.91 Å². The number of nitrogens with one attached hydrogen (secondary N) is 1. The van der Waals surface area contributed by atoms with Crippen LogP contribution in [-0.4, -0.2) is 33.9 Å². The van der Waals surface area contributed by atoms with E-state index in [9.17, 15) is 4.79 Å². The number of aromatic amines is 1. The van der Waals surface area contributed by atoms with E-state index >= 15 is 0 Å². The number of hydrogen-bond donors (Lipinski definition) is 1. The lowest BCUT2D eigenvalue weighted by Crippen LogP contribution is -2.38. The highest BCUT2D eigenvalue weighted by molar-refractivity contribution is 6.06. The van der Waals surface area contributed by atoms with Gasteiger partial charge in [0.05, 0.1) is 11.1 Å². The number of hydrogen-bond acceptors (Lipinski definition) is 2. The molecule has 2 aromatic carbocycles. The lowest BCUT2D eigenvalue weighted by atomic mass is 9.89. The van der Waals surface area contributed by atoms with Gasteiger partial charge >= 0.3 is 0 Å². The normalized spacial score (nSPS) is 15.4. The minimum Gasteiger partial charge on any atom is -0.361 e. The van der Waals surface area contributed by atoms with E-state index in [0.29, 0.717) is 5.92 Å². The number of aryl methyl sites for hydroxylation is 1. The number of amides is 1. The van der Waals surface area contributed by atoms with Crippen LogP contribution in [0.4, 0.5) is 0 Å². The summed E-state index contributed by atoms with van der Waals surface area (Å²) in [6.07, 6.45) is 4.14. The van der Waals surface area contributed by atoms with Crippen LogP contribution in [0, 0.1) is 6.92 Å². The maximum Gasteiger partial charge on any atom is 0.254 e. The second-order valence-electron chi connectivity index (χ2n) is 7.68. The average Bonchev–Trinajstić information content (AvgIpc) is 3.17. The van der Waals surface area contributed by atoms with Crippen molar-refractivity contribution < 1.29 is 4.79 Å². The summed E-state index contributed by atoms with van der Waals surface area (Å²) >= 11 is 0. The van der Waals surface area contributed by atoms with Gasteiger partial charge in [-0.2, -0.15) is 0 Å². The standard InChI is InChI=1S/C24H23N3O/c1-16-14-20(18-6-3-5-9-23(18)26-16)24(28)27-12-10-17(11-13-27)21-15-25-22-8-4-2-7-19(21)22/h2-9,14-15,17,25H,10-13H2,1H3. The average molecular weight is 369 g/mol. The summed E-state index contributed by atoms with van der Waals surface area (Å²) in [7, 11) is 0. The maximum atomic E-state index is 13.3. The quantitative estimate of drug-likeness (QED) is 0.538. The predicted octanol–water partition coefficient (Wildman–Crippen LogP) is 5.04. The Balaban J connectivity index is 1.38. The smallest absolute Gasteiger partial charge is 0.254 e. The van der Waals surface area contributed by atoms with Crippen LogP contribution in [0.15, 0.2) is 60.8 Å². The molecule has 1 saturated heterocycles. The minimum absolute atomic E-state index is 0.124. The molecule has 5 rings (SSSR count). The molecule has 3 heterocycles. The van der Waals surface area contributed by atoms with E-state index in [1.807, 2.05) is 42.2 Å². The van der Waals surface area contributed by atoms with Gasteiger partial charge in [0.1, 0.15) is 0 Å². The molecule has 0 saturated carbocycles. The fourth-order valence-corrected chi connectivity index (χ4v) is 4.48. The summed E-state index contributed by atoms with van der Waals surface area (Å²) in [5.74, 6) is 0.621. The zero-order chi connectivity index (χ0) is 19.1. The molecule has 0 spiro atoms. The number of likely N-dealkylation sites (tertiary alicyclic amines) is 1. The number of para-hydroxylation sites is 2. The third-order valence-corrected chi connectivity index (χ3v) is 5.92. The molecular weight excluding hydrogens is 346 g/mol. The number of fused-ring (bicyclic) bond motifs is 2. The van der Waals surface area contributed by atoms with Crippen molar-refractivity contribution in [2.24, 2.45) is 0 Å². The number of aromatic nitrogens is 2. The van der Waals surface area contributed by atoms with Crippen LogP contribution in [0.1, 0.15) is 40.4 Å². The lowest BCUT2D eigenvalue weighted by molar-refractivity contribution is 0.0715. The summed E-state index contributed by atoms with van der Waals surface area (Å²) in [6, 6.07) is 18.3. The Kier molecular flexibility index (Phi) is 4.12. The van der Waals surface area contributed by atoms with Crippen LogP contribution in [0.3, 0.4) is 0 Å². The van der Waals surface area contributed by atoms with Crippen molar-refractivity contribution in [2.45, 2.75) is 25.7 Å². The molecule has 1 aliphatic heterocycles. The van der Waals surface area contributed by atoms with E-state index < -0.39 is 0 Å². The molecule has 0 aliphatic carbocycles. The van der Waals surface area contributed by atoms with E-state index in [-0.39, 0.29) is 5.91 Å². The molecular formula is C24H23N3O. The SMILES string of the molecule is Cc1cc(C(=O)N2CCC(c3c[nH]c4ccccc34)CC2)c2ccccc2n1. The Morgan fingerprint density at radius 3 is 2.57 bits per heavy atom. The zero-order valence-electron chi connectivity index (χ0n) is 16.0. The first kappa shape index (κ1) is 17.0. The van der Waals surface area contributed by atoms with Crippen molar-refractivity contribution in [1.82, 2.24) is 14.9 Å². The van der Waals surface area contributed by atoms with Crippen molar-refractivity contribution in [3.63, 3.8) is 0 Å². The Bertz CT molecular complexity index is 1170. The van der Waals surface area contributed by atoms with Gasteiger partial charge in [0.2, 0.25) is 0 Å². The van der Waals surface area contributed by atoms with Gasteiger partial charge in [-0.25, -0.2) is 0 Å². The third-order valence-electron chi connectivity index (χ3n) is 5.92. The number of H-pyrrole nitrogens is 1. The lowest BCUT2D eigenvalue weighted by Gasteiger charge is -2.32. The maximum absolute atomic E-state index is 13.3. The number of benzene rings is 2. The van der Waals surface area contributed by atoms with E-state index in [1.165, 1.54) is 16.5 Å². The number of carbonyl (C=O) groups is 1. The number of pyridine rings is 1. The first-order chi connectivity index (χ1) is 13.7. The molecule has 4 nitrogen and oxygen atoms in total. The van der Waals surface area contributed by atoms with Gasteiger partial charge < -0.3 is 9.88 Å². The summed E-state index contributed by atoms with van der Waals surface area (Å²) < 4.78 is 0. The molecule has 2 aromatic heterocycles. The van der Waals surface area contributed by atoms with Gasteiger partial charge in [0, 0.05) is 41.3 Å². The number of piperidine rings is 1. The van der Waals surface area contributed by atoms with Crippen molar-refractivity contribution in [3.8, 4) is 0 Å². The first-order valence-electron chi connectivity index (χ1n) is 9.92. The molecule has 28 heavy (non-hydrogen) atoms. The highest BCUT2D eigenvalue weighted by Crippen LogP contribution is 2.33. The van der Waals surface area contributed by atoms with Crippen molar-refractivity contribution in [1.29, 1.82) is 0 Å². The van der Waals surface area contributed by atoms with Crippen LogP contribution in [0.5, 0.6) is 0 Å². The van der Waals surface area contributed by atoms with Crippen molar-refractivity contribution >= 4 is 27.7 Å². The highest BCUT2D eigenvalue weighted by Gasteiger charge is 2.27. The van der Waals surface area contributed by atoms with Crippen molar-refractivity contribution in [3.05, 3.63) is 77.6 Å². The molecule has 0 unspecified atom stereocenters. The van der Waals surface area contributed by atoms with Gasteiger partial charge in [-0.05, 0) is 49.4 Å². The van der Waals surface area contributed by atoms with E-state index in [1.54, 1.807) is 0 Å². The molecule has 4 aromatic rings. The summed E-state index contributed by atoms with van der Waals surface area (Å²) in [6.45, 7) is 3.53. The summed E-state index contributed by atoms with van der Waals surface area (Å²) in [5.41, 5.74) is 5.12. The molecule has 0 bridgehead atoms. The fourth-order valence-electron chi connectivity index (χ4n) is 4.48. The van der Waals surface area contributed by atoms with Crippen LogP contribution in [-0.2, 0) is 0 Å². The van der Waals surface area contributed by atoms with E-state index in [0.717, 1.165) is 48.1 Å². The molecule has 4 heteroatoms. The molecule has 0 radical (unpaired) electrons. The number of rotatable bonds is 2. The molecule has 1 N–H and O–H groups in total. The number of carbonyl (C=O) groups excluding carboxylic acids is 1. The summed E-state index contributed by atoms with van der Waals surface area (Å²) in [5, 5.41) is 2.25. The Hall–Kier alpha value is -3.14. The molecule has 1 amide bonds. The highest BCUT2D eigenvalue weighted by atomic mass is 16.2. The largest absolute Gasteiger partial charge is 0.361 e. The Morgan fingerprint density at radius 2 is 1.75 bits per heavy atom. The first-order valence-corrected chi connectivity index (χ1v) is 9.92. The van der Waals surface area contributed by atoms with Crippen molar-refractivity contribution in [2.75, 3.05) is 13.1 Å². The molecule has 140 valence electrons. The van der Waals surface area contributed by atoms with Crippen LogP contribution in [0.25, 0.3) is 21.8 Å². The predicted molar refractivity (Wildman–Crippen MR) is 113 cm³/mol. The monoisotopic (exact) mass is 369 g/mol. The van der Waals surface area contributed by atoms with Gasteiger partial charge in [-0.1, -0.05) is 36.4 Å². The Labute approximate surface area is 164 Å². The zero-order valence-corrected chi connectivity index (χ0v) is 16.0. The van der Waals surface area contributed by atoms with Crippen LogP contribution < -0.4 is 0 Å². The topological polar surface area (TPSA) is 49.0 Å².